The van der Waals surface area contributed by atoms with Crippen LogP contribution < -0.4 is 16.4 Å². The maximum Gasteiger partial charge on any atom is 0.408 e. The number of esters is 1. The van der Waals surface area contributed by atoms with Crippen molar-refractivity contribution in [1.82, 2.24) is 15.5 Å². The third kappa shape index (κ3) is 11.5. The third-order valence-corrected chi connectivity index (χ3v) is 5.36. The van der Waals surface area contributed by atoms with Crippen LogP contribution in [0.15, 0.2) is 24.3 Å². The van der Waals surface area contributed by atoms with Crippen LogP contribution in [0.2, 0.25) is 0 Å². The average Bonchev–Trinajstić information content (AvgIpc) is 2.83. The highest BCUT2D eigenvalue weighted by atomic mass is 16.6. The number of hydrogen-bond donors (Lipinski definition) is 4. The number of rotatable bonds is 14. The maximum absolute atomic E-state index is 13.9. The van der Waals surface area contributed by atoms with Crippen molar-refractivity contribution in [3.63, 3.8) is 0 Å². The number of phenolic OH excluding ortho intramolecular Hbond substituents is 1. The number of nitrogens with two attached hydrogens (primary N) is 1. The number of phenols is 1. The maximum atomic E-state index is 13.9. The first-order chi connectivity index (χ1) is 17.8. The summed E-state index contributed by atoms with van der Waals surface area (Å²) >= 11 is 0. The van der Waals surface area contributed by atoms with Crippen LogP contribution >= 0.6 is 0 Å². The van der Waals surface area contributed by atoms with Gasteiger partial charge in [0.05, 0.1) is 7.11 Å². The average molecular weight is 537 g/mol. The molecule has 0 spiro atoms. The molecule has 212 valence electrons. The predicted molar refractivity (Wildman–Crippen MR) is 139 cm³/mol. The molecule has 0 bridgehead atoms. The van der Waals surface area contributed by atoms with Gasteiger partial charge >= 0.3 is 12.1 Å². The quantitative estimate of drug-likeness (QED) is 0.206. The molecule has 5 N–H and O–H groups in total. The van der Waals surface area contributed by atoms with Gasteiger partial charge in [0.1, 0.15) is 30.0 Å². The fraction of sp³-hybridized carbons (Fsp3) is 0.577. The number of primary amides is 1. The normalized spacial score (nSPS) is 12.6. The van der Waals surface area contributed by atoms with Crippen molar-refractivity contribution in [2.75, 3.05) is 20.2 Å². The Morgan fingerprint density at radius 3 is 2.24 bits per heavy atom. The monoisotopic (exact) mass is 536 g/mol. The molecule has 0 aliphatic heterocycles. The summed E-state index contributed by atoms with van der Waals surface area (Å²) in [5, 5.41) is 14.7. The molecule has 0 fully saturated rings. The molecule has 1 aromatic rings. The van der Waals surface area contributed by atoms with E-state index in [1.165, 1.54) is 36.3 Å². The van der Waals surface area contributed by atoms with Crippen molar-refractivity contribution in [1.29, 1.82) is 0 Å². The summed E-state index contributed by atoms with van der Waals surface area (Å²) in [6, 6.07) is 3.25. The molecule has 1 rings (SSSR count). The number of nitrogens with zero attached hydrogens (tertiary/aromatic N) is 1. The first kappa shape index (κ1) is 32.2. The van der Waals surface area contributed by atoms with E-state index in [4.69, 9.17) is 10.5 Å². The number of carbonyl (C=O) groups excluding carboxylic acids is 5. The number of nitrogens with one attached hydrogen (secondary N) is 2. The van der Waals surface area contributed by atoms with E-state index in [0.29, 0.717) is 12.0 Å². The molecule has 0 aromatic heterocycles. The Morgan fingerprint density at radius 1 is 1.08 bits per heavy atom. The molecule has 0 heterocycles. The van der Waals surface area contributed by atoms with Gasteiger partial charge in [-0.1, -0.05) is 31.9 Å². The Labute approximate surface area is 223 Å². The van der Waals surface area contributed by atoms with Crippen molar-refractivity contribution < 1.29 is 38.6 Å². The van der Waals surface area contributed by atoms with Crippen molar-refractivity contribution in [3.05, 3.63) is 29.8 Å². The van der Waals surface area contributed by atoms with Crippen LogP contribution in [0, 0.1) is 0 Å². The van der Waals surface area contributed by atoms with Gasteiger partial charge in [-0.2, -0.15) is 0 Å². The molecule has 2 atom stereocenters. The Bertz CT molecular complexity index is 959. The van der Waals surface area contributed by atoms with Gasteiger partial charge in [-0.15, -0.1) is 0 Å². The smallest absolute Gasteiger partial charge is 0.408 e. The van der Waals surface area contributed by atoms with Crippen LogP contribution in [-0.4, -0.2) is 71.6 Å². The summed E-state index contributed by atoms with van der Waals surface area (Å²) in [6.07, 6.45) is 0.932. The molecule has 1 aromatic carbocycles. The highest BCUT2D eigenvalue weighted by Gasteiger charge is 2.36. The number of benzene rings is 1. The van der Waals surface area contributed by atoms with Crippen LogP contribution in [0.5, 0.6) is 5.75 Å². The van der Waals surface area contributed by atoms with Gasteiger partial charge < -0.3 is 35.8 Å². The number of carbonyl (C=O) groups is 5. The molecule has 0 saturated heterocycles. The van der Waals surface area contributed by atoms with Gasteiger partial charge in [0.25, 0.3) is 0 Å². The lowest BCUT2D eigenvalue weighted by molar-refractivity contribution is -0.145. The molecule has 4 amide bonds. The molecule has 0 saturated carbocycles. The van der Waals surface area contributed by atoms with E-state index >= 15 is 0 Å². The second-order valence-corrected chi connectivity index (χ2v) is 9.73. The number of ether oxygens (including phenoxy) is 2. The lowest BCUT2D eigenvalue weighted by atomic mass is 10.0. The molecular formula is C26H40N4O8. The minimum atomic E-state index is -1.23. The molecule has 38 heavy (non-hydrogen) atoms. The van der Waals surface area contributed by atoms with E-state index < -0.39 is 54.0 Å². The Hall–Kier alpha value is -3.83. The summed E-state index contributed by atoms with van der Waals surface area (Å²) in [5.41, 5.74) is 4.82. The largest absolute Gasteiger partial charge is 0.508 e. The van der Waals surface area contributed by atoms with E-state index in [1.54, 1.807) is 20.8 Å². The van der Waals surface area contributed by atoms with Crippen molar-refractivity contribution in [2.24, 2.45) is 5.73 Å². The van der Waals surface area contributed by atoms with E-state index in [-0.39, 0.29) is 25.1 Å². The van der Waals surface area contributed by atoms with Gasteiger partial charge in [0.2, 0.25) is 17.7 Å². The fourth-order valence-electron chi connectivity index (χ4n) is 3.55. The molecule has 12 heteroatoms. The van der Waals surface area contributed by atoms with Crippen LogP contribution in [0.25, 0.3) is 0 Å². The molecule has 12 nitrogen and oxygen atoms in total. The van der Waals surface area contributed by atoms with Crippen molar-refractivity contribution in [2.45, 2.75) is 77.5 Å². The predicted octanol–water partition coefficient (Wildman–Crippen LogP) is 1.90. The zero-order valence-electron chi connectivity index (χ0n) is 22.7. The number of hydrogen-bond acceptors (Lipinski definition) is 8. The van der Waals surface area contributed by atoms with Gasteiger partial charge in [-0.3, -0.25) is 19.2 Å². The second-order valence-electron chi connectivity index (χ2n) is 9.73. The standard InChI is InChI=1S/C26H40N4O8/c1-6-7-8-15-30(24(35)19(13-14-20(27)32)29-25(36)38-26(2,3)4)22(17-9-11-18(31)12-10-17)23(34)28-16-21(33)37-5/h9-12,19,22,31H,6-8,13-16H2,1-5H3,(H2,27,32)(H,28,34)(H,29,36). The zero-order valence-corrected chi connectivity index (χ0v) is 22.7. The van der Waals surface area contributed by atoms with E-state index in [9.17, 15) is 29.1 Å². The number of alkyl carbamates (subject to hydrolysis) is 1. The van der Waals surface area contributed by atoms with E-state index in [1.807, 2.05) is 6.92 Å². The second kappa shape index (κ2) is 15.4. The lowest BCUT2D eigenvalue weighted by Crippen LogP contribution is -2.53. The third-order valence-electron chi connectivity index (χ3n) is 5.36. The summed E-state index contributed by atoms with van der Waals surface area (Å²) in [6.45, 7) is 6.67. The van der Waals surface area contributed by atoms with E-state index in [2.05, 4.69) is 15.4 Å². The van der Waals surface area contributed by atoms with Crippen molar-refractivity contribution in [3.8, 4) is 5.75 Å². The van der Waals surface area contributed by atoms with Crippen LogP contribution in [-0.2, 0) is 28.7 Å². The summed E-state index contributed by atoms with van der Waals surface area (Å²) < 4.78 is 9.88. The zero-order chi connectivity index (χ0) is 28.9. The minimum absolute atomic E-state index is 0.0442. The molecule has 0 aliphatic carbocycles. The minimum Gasteiger partial charge on any atom is -0.508 e. The van der Waals surface area contributed by atoms with Crippen LogP contribution in [0.4, 0.5) is 4.79 Å². The Morgan fingerprint density at radius 2 is 1.71 bits per heavy atom. The lowest BCUT2D eigenvalue weighted by Gasteiger charge is -2.34. The van der Waals surface area contributed by atoms with Gasteiger partial charge in [-0.25, -0.2) is 4.79 Å². The Balaban J connectivity index is 3.47. The SMILES string of the molecule is CCCCCN(C(=O)C(CCC(N)=O)NC(=O)OC(C)(C)C)C(C(=O)NCC(=O)OC)c1ccc(O)cc1. The van der Waals surface area contributed by atoms with E-state index in [0.717, 1.165) is 12.8 Å². The van der Waals surface area contributed by atoms with Crippen LogP contribution in [0.1, 0.15) is 71.4 Å². The van der Waals surface area contributed by atoms with Gasteiger partial charge in [0, 0.05) is 13.0 Å². The number of unbranched alkanes of at least 4 members (excludes halogenated alkanes) is 2. The summed E-state index contributed by atoms with van der Waals surface area (Å²) in [4.78, 5) is 64.3. The first-order valence-corrected chi connectivity index (χ1v) is 12.5. The van der Waals surface area contributed by atoms with Gasteiger partial charge in [0.15, 0.2) is 0 Å². The summed E-state index contributed by atoms with van der Waals surface area (Å²) in [7, 11) is 1.18. The topological polar surface area (TPSA) is 177 Å². The molecule has 0 aliphatic rings. The summed E-state index contributed by atoms with van der Waals surface area (Å²) in [5.74, 6) is -2.71. The molecular weight excluding hydrogens is 496 g/mol. The van der Waals surface area contributed by atoms with Crippen molar-refractivity contribution >= 4 is 29.8 Å². The number of aromatic hydroxyl groups is 1. The highest BCUT2D eigenvalue weighted by Crippen LogP contribution is 2.26. The molecule has 2 unspecified atom stereocenters. The highest BCUT2D eigenvalue weighted by molar-refractivity contribution is 5.93. The van der Waals surface area contributed by atoms with Gasteiger partial charge in [-0.05, 0) is 51.3 Å². The Kier molecular flexibility index (Phi) is 13.1. The fourth-order valence-corrected chi connectivity index (χ4v) is 3.55. The number of methoxy groups -OCH3 is 1. The number of amides is 4. The molecule has 0 radical (unpaired) electrons. The van der Waals surface area contributed by atoms with Crippen LogP contribution in [0.3, 0.4) is 0 Å². The first-order valence-electron chi connectivity index (χ1n) is 12.5.